The van der Waals surface area contributed by atoms with E-state index in [1.165, 1.54) is 36.8 Å². The van der Waals surface area contributed by atoms with Crippen molar-refractivity contribution in [2.24, 2.45) is 4.99 Å². The average molecular weight is 410 g/mol. The number of fused-ring (bicyclic) bond motifs is 1. The lowest BCUT2D eigenvalue weighted by Gasteiger charge is -2.22. The first-order chi connectivity index (χ1) is 14.8. The van der Waals surface area contributed by atoms with Gasteiger partial charge in [0.25, 0.3) is 0 Å². The second-order valence-electron chi connectivity index (χ2n) is 7.71. The smallest absolute Gasteiger partial charge is 0.231 e. The fourth-order valence-corrected chi connectivity index (χ4v) is 3.87. The summed E-state index contributed by atoms with van der Waals surface area (Å²) in [6.07, 6.45) is 7.95. The van der Waals surface area contributed by atoms with Crippen LogP contribution in [0.4, 0.5) is 5.82 Å². The molecule has 0 aliphatic carbocycles. The summed E-state index contributed by atoms with van der Waals surface area (Å²) in [5.41, 5.74) is 2.42. The molecule has 7 heteroatoms. The Balaban J connectivity index is 1.25. The third kappa shape index (κ3) is 5.34. The van der Waals surface area contributed by atoms with Gasteiger partial charge in [0.2, 0.25) is 6.79 Å². The number of hydrogen-bond acceptors (Lipinski definition) is 5. The fraction of sp³-hybridized carbons (Fsp3) is 0.478. The predicted molar refractivity (Wildman–Crippen MR) is 119 cm³/mol. The van der Waals surface area contributed by atoms with Crippen molar-refractivity contribution in [1.82, 2.24) is 15.6 Å². The summed E-state index contributed by atoms with van der Waals surface area (Å²) in [5.74, 6) is 3.53. The lowest BCUT2D eigenvalue weighted by molar-refractivity contribution is 0.174. The standard InChI is InChI=1S/C23H31N5O2/c1-24-23(26-11-8-18-6-7-20-21(14-18)30-17-29-20)27-16-19-9-10-25-22(15-19)28-12-4-2-3-5-13-28/h6-7,9-10,14-15H,2-5,8,11-13,16-17H2,1H3,(H2,24,26,27). The monoisotopic (exact) mass is 409 g/mol. The van der Waals surface area contributed by atoms with Gasteiger partial charge in [-0.15, -0.1) is 0 Å². The van der Waals surface area contributed by atoms with Gasteiger partial charge in [0.1, 0.15) is 5.82 Å². The van der Waals surface area contributed by atoms with Gasteiger partial charge in [-0.25, -0.2) is 4.98 Å². The summed E-state index contributed by atoms with van der Waals surface area (Å²) in [6, 6.07) is 10.3. The number of nitrogens with one attached hydrogen (secondary N) is 2. The molecule has 1 fully saturated rings. The van der Waals surface area contributed by atoms with Crippen molar-refractivity contribution in [3.63, 3.8) is 0 Å². The third-order valence-electron chi connectivity index (χ3n) is 5.57. The van der Waals surface area contributed by atoms with Crippen LogP contribution in [0.3, 0.4) is 0 Å². The molecule has 0 spiro atoms. The highest BCUT2D eigenvalue weighted by Crippen LogP contribution is 2.32. The maximum Gasteiger partial charge on any atom is 0.231 e. The van der Waals surface area contributed by atoms with E-state index in [1.807, 2.05) is 18.3 Å². The minimum atomic E-state index is 0.308. The molecule has 2 aliphatic heterocycles. The zero-order valence-electron chi connectivity index (χ0n) is 17.7. The van der Waals surface area contributed by atoms with Crippen LogP contribution in [0.2, 0.25) is 0 Å². The topological polar surface area (TPSA) is 71.0 Å². The zero-order chi connectivity index (χ0) is 20.6. The molecule has 4 rings (SSSR count). The van der Waals surface area contributed by atoms with Crippen LogP contribution in [0.1, 0.15) is 36.8 Å². The third-order valence-corrected chi connectivity index (χ3v) is 5.57. The van der Waals surface area contributed by atoms with E-state index < -0.39 is 0 Å². The predicted octanol–water partition coefficient (Wildman–Crippen LogP) is 3.10. The van der Waals surface area contributed by atoms with Crippen molar-refractivity contribution >= 4 is 11.8 Å². The van der Waals surface area contributed by atoms with Gasteiger partial charge >= 0.3 is 0 Å². The molecule has 0 unspecified atom stereocenters. The number of guanidine groups is 1. The van der Waals surface area contributed by atoms with E-state index in [0.717, 1.165) is 49.3 Å². The Labute approximate surface area is 178 Å². The van der Waals surface area contributed by atoms with Crippen LogP contribution in [-0.2, 0) is 13.0 Å². The maximum atomic E-state index is 5.45. The number of anilines is 1. The van der Waals surface area contributed by atoms with E-state index in [0.29, 0.717) is 13.3 Å². The molecule has 1 aromatic heterocycles. The van der Waals surface area contributed by atoms with Gasteiger partial charge in [-0.1, -0.05) is 18.9 Å². The Bertz CT molecular complexity index is 862. The van der Waals surface area contributed by atoms with Crippen LogP contribution in [0.5, 0.6) is 11.5 Å². The molecule has 0 atom stereocenters. The molecule has 160 valence electrons. The minimum Gasteiger partial charge on any atom is -0.454 e. The normalized spacial score (nSPS) is 16.3. The average Bonchev–Trinajstić information content (AvgIpc) is 3.08. The number of benzene rings is 1. The van der Waals surface area contributed by atoms with Crippen molar-refractivity contribution in [2.45, 2.75) is 38.6 Å². The summed E-state index contributed by atoms with van der Waals surface area (Å²) in [6.45, 7) is 4.02. The summed E-state index contributed by atoms with van der Waals surface area (Å²) in [4.78, 5) is 11.3. The molecule has 3 heterocycles. The maximum absolute atomic E-state index is 5.45. The first kappa shape index (κ1) is 20.3. The molecule has 1 saturated heterocycles. The van der Waals surface area contributed by atoms with E-state index >= 15 is 0 Å². The van der Waals surface area contributed by atoms with E-state index in [9.17, 15) is 0 Å². The summed E-state index contributed by atoms with van der Waals surface area (Å²) in [7, 11) is 1.80. The number of aromatic nitrogens is 1. The highest BCUT2D eigenvalue weighted by atomic mass is 16.7. The first-order valence-corrected chi connectivity index (χ1v) is 10.8. The van der Waals surface area contributed by atoms with E-state index in [1.54, 1.807) is 7.05 Å². The number of nitrogens with zero attached hydrogens (tertiary/aromatic N) is 3. The summed E-state index contributed by atoms with van der Waals surface area (Å²) in [5, 5.41) is 6.79. The van der Waals surface area contributed by atoms with E-state index in [-0.39, 0.29) is 0 Å². The molecular formula is C23H31N5O2. The highest BCUT2D eigenvalue weighted by Gasteiger charge is 2.13. The minimum absolute atomic E-state index is 0.308. The first-order valence-electron chi connectivity index (χ1n) is 10.8. The molecule has 0 bridgehead atoms. The van der Waals surface area contributed by atoms with Gasteiger partial charge in [-0.05, 0) is 54.7 Å². The largest absolute Gasteiger partial charge is 0.454 e. The molecule has 7 nitrogen and oxygen atoms in total. The number of hydrogen-bond donors (Lipinski definition) is 2. The number of aliphatic imine (C=N–C) groups is 1. The van der Waals surface area contributed by atoms with E-state index in [2.05, 4.69) is 43.7 Å². The van der Waals surface area contributed by atoms with Crippen LogP contribution >= 0.6 is 0 Å². The van der Waals surface area contributed by atoms with Gasteiger partial charge in [-0.2, -0.15) is 0 Å². The van der Waals surface area contributed by atoms with Crippen LogP contribution < -0.4 is 25.0 Å². The van der Waals surface area contributed by atoms with Crippen molar-refractivity contribution < 1.29 is 9.47 Å². The summed E-state index contributed by atoms with van der Waals surface area (Å²) < 4.78 is 10.8. The Hall–Kier alpha value is -2.96. The highest BCUT2D eigenvalue weighted by molar-refractivity contribution is 5.79. The molecular weight excluding hydrogens is 378 g/mol. The number of rotatable bonds is 6. The lowest BCUT2D eigenvalue weighted by atomic mass is 10.1. The Morgan fingerprint density at radius 2 is 1.83 bits per heavy atom. The van der Waals surface area contributed by atoms with Crippen LogP contribution in [-0.4, -0.2) is 44.4 Å². The number of pyridine rings is 1. The molecule has 1 aromatic carbocycles. The molecule has 0 amide bonds. The van der Waals surface area contributed by atoms with Gasteiger partial charge in [-0.3, -0.25) is 4.99 Å². The van der Waals surface area contributed by atoms with Crippen LogP contribution in [0.25, 0.3) is 0 Å². The molecule has 0 radical (unpaired) electrons. The van der Waals surface area contributed by atoms with Crippen molar-refractivity contribution in [3.8, 4) is 11.5 Å². The quantitative estimate of drug-likeness (QED) is 0.564. The molecule has 2 aromatic rings. The SMILES string of the molecule is CN=C(NCCc1ccc2c(c1)OCO2)NCc1ccnc(N2CCCCCC2)c1. The van der Waals surface area contributed by atoms with E-state index in [4.69, 9.17) is 9.47 Å². The second kappa shape index (κ2) is 10.2. The van der Waals surface area contributed by atoms with Crippen molar-refractivity contribution in [1.29, 1.82) is 0 Å². The van der Waals surface area contributed by atoms with Crippen LogP contribution in [0.15, 0.2) is 41.5 Å². The fourth-order valence-electron chi connectivity index (χ4n) is 3.87. The Morgan fingerprint density at radius 3 is 2.67 bits per heavy atom. The molecule has 2 aliphatic rings. The van der Waals surface area contributed by atoms with Crippen molar-refractivity contribution in [2.75, 3.05) is 38.4 Å². The molecule has 30 heavy (non-hydrogen) atoms. The van der Waals surface area contributed by atoms with Crippen molar-refractivity contribution in [3.05, 3.63) is 47.7 Å². The zero-order valence-corrected chi connectivity index (χ0v) is 17.7. The number of ether oxygens (including phenoxy) is 2. The Kier molecular flexibility index (Phi) is 6.90. The second-order valence-corrected chi connectivity index (χ2v) is 7.71. The summed E-state index contributed by atoms with van der Waals surface area (Å²) >= 11 is 0. The van der Waals surface area contributed by atoms with Crippen LogP contribution in [0, 0.1) is 0 Å². The van der Waals surface area contributed by atoms with Gasteiger partial charge < -0.3 is 25.0 Å². The van der Waals surface area contributed by atoms with Gasteiger partial charge in [0.05, 0.1) is 0 Å². The molecule has 0 saturated carbocycles. The molecule has 2 N–H and O–H groups in total. The van der Waals surface area contributed by atoms with Gasteiger partial charge in [0, 0.05) is 39.4 Å². The van der Waals surface area contributed by atoms with Gasteiger partial charge in [0.15, 0.2) is 17.5 Å². The Morgan fingerprint density at radius 1 is 1.00 bits per heavy atom. The lowest BCUT2D eigenvalue weighted by Crippen LogP contribution is -2.37.